The minimum absolute atomic E-state index is 0. The van der Waals surface area contributed by atoms with E-state index in [4.69, 9.17) is 0 Å². The first-order valence-electron chi connectivity index (χ1n) is 5.65. The standard InChI is InChI=1S/C12H8N6S.2ClH/c1-2-4-10-9(3-1)15-8-17(10)12-14-5-11(19-12)18-7-13-6-16-18;;/h1-8H;2*1H. The van der Waals surface area contributed by atoms with Gasteiger partial charge in [0.1, 0.15) is 24.0 Å². The third-order valence-electron chi connectivity index (χ3n) is 2.79. The molecule has 0 saturated carbocycles. The maximum atomic E-state index is 4.42. The molecule has 21 heavy (non-hydrogen) atoms. The van der Waals surface area contributed by atoms with E-state index < -0.39 is 0 Å². The first-order chi connectivity index (χ1) is 9.42. The molecule has 0 N–H and O–H groups in total. The lowest BCUT2D eigenvalue weighted by Gasteiger charge is -1.97. The monoisotopic (exact) mass is 340 g/mol. The minimum atomic E-state index is 0. The van der Waals surface area contributed by atoms with E-state index in [0.717, 1.165) is 21.2 Å². The third-order valence-corrected chi connectivity index (χ3v) is 3.77. The lowest BCUT2D eigenvalue weighted by atomic mass is 10.3. The van der Waals surface area contributed by atoms with E-state index >= 15 is 0 Å². The zero-order valence-electron chi connectivity index (χ0n) is 10.5. The van der Waals surface area contributed by atoms with Gasteiger partial charge in [-0.2, -0.15) is 5.10 Å². The quantitative estimate of drug-likeness (QED) is 0.562. The Morgan fingerprint density at radius 3 is 2.67 bits per heavy atom. The molecule has 0 aliphatic carbocycles. The van der Waals surface area contributed by atoms with E-state index in [1.165, 1.54) is 17.7 Å². The molecule has 108 valence electrons. The van der Waals surface area contributed by atoms with Gasteiger partial charge in [0.2, 0.25) is 0 Å². The van der Waals surface area contributed by atoms with Crippen LogP contribution in [0.4, 0.5) is 0 Å². The van der Waals surface area contributed by atoms with E-state index in [1.807, 2.05) is 28.8 Å². The summed E-state index contributed by atoms with van der Waals surface area (Å²) in [7, 11) is 0. The van der Waals surface area contributed by atoms with Crippen LogP contribution in [0.2, 0.25) is 0 Å². The summed E-state index contributed by atoms with van der Waals surface area (Å²) in [6.07, 6.45) is 6.73. The predicted octanol–water partition coefficient (Wildman–Crippen LogP) is 2.91. The first-order valence-corrected chi connectivity index (χ1v) is 6.47. The largest absolute Gasteiger partial charge is 0.274 e. The lowest BCUT2D eigenvalue weighted by Crippen LogP contribution is -1.90. The topological polar surface area (TPSA) is 61.4 Å². The van der Waals surface area contributed by atoms with Gasteiger partial charge in [-0.05, 0) is 12.1 Å². The second-order valence-electron chi connectivity index (χ2n) is 3.92. The average molecular weight is 341 g/mol. The first kappa shape index (κ1) is 15.4. The number of aromatic nitrogens is 6. The van der Waals surface area contributed by atoms with E-state index in [9.17, 15) is 0 Å². The van der Waals surface area contributed by atoms with Crippen molar-refractivity contribution in [1.82, 2.24) is 29.3 Å². The fourth-order valence-electron chi connectivity index (χ4n) is 1.91. The molecule has 0 radical (unpaired) electrons. The van der Waals surface area contributed by atoms with Crippen molar-refractivity contribution in [2.75, 3.05) is 0 Å². The van der Waals surface area contributed by atoms with Gasteiger partial charge in [0.05, 0.1) is 17.2 Å². The molecule has 0 spiro atoms. The van der Waals surface area contributed by atoms with Crippen LogP contribution in [-0.2, 0) is 0 Å². The van der Waals surface area contributed by atoms with Crippen molar-refractivity contribution < 1.29 is 0 Å². The molecule has 4 rings (SSSR count). The van der Waals surface area contributed by atoms with Crippen molar-refractivity contribution >= 4 is 47.2 Å². The average Bonchev–Trinajstić information content (AvgIpc) is 3.18. The Morgan fingerprint density at radius 1 is 1.00 bits per heavy atom. The lowest BCUT2D eigenvalue weighted by molar-refractivity contribution is 0.892. The Morgan fingerprint density at radius 2 is 1.86 bits per heavy atom. The van der Waals surface area contributed by atoms with Gasteiger partial charge in [-0.1, -0.05) is 23.5 Å². The Hall–Kier alpha value is -1.96. The highest BCUT2D eigenvalue weighted by Crippen LogP contribution is 2.23. The summed E-state index contributed by atoms with van der Waals surface area (Å²) in [6, 6.07) is 7.98. The van der Waals surface area contributed by atoms with Gasteiger partial charge < -0.3 is 0 Å². The molecule has 0 unspecified atom stereocenters. The van der Waals surface area contributed by atoms with Crippen molar-refractivity contribution in [3.05, 3.63) is 49.4 Å². The van der Waals surface area contributed by atoms with E-state index in [-0.39, 0.29) is 24.8 Å². The molecule has 0 aliphatic heterocycles. The number of imidazole rings is 1. The molecule has 3 aromatic heterocycles. The van der Waals surface area contributed by atoms with Crippen LogP contribution in [0.15, 0.2) is 49.4 Å². The summed E-state index contributed by atoms with van der Waals surface area (Å²) >= 11 is 1.54. The van der Waals surface area contributed by atoms with Gasteiger partial charge in [-0.25, -0.2) is 19.6 Å². The molecular weight excluding hydrogens is 331 g/mol. The second-order valence-corrected chi connectivity index (χ2v) is 4.91. The van der Waals surface area contributed by atoms with Crippen LogP contribution in [0.1, 0.15) is 0 Å². The zero-order valence-corrected chi connectivity index (χ0v) is 13.0. The van der Waals surface area contributed by atoms with Gasteiger partial charge in [-0.15, -0.1) is 24.8 Å². The van der Waals surface area contributed by atoms with Crippen molar-refractivity contribution in [3.63, 3.8) is 0 Å². The molecule has 0 bridgehead atoms. The highest BCUT2D eigenvalue weighted by atomic mass is 35.5. The zero-order chi connectivity index (χ0) is 12.7. The normalized spacial score (nSPS) is 10.1. The summed E-state index contributed by atoms with van der Waals surface area (Å²) in [4.78, 5) is 12.7. The van der Waals surface area contributed by atoms with Crippen molar-refractivity contribution in [2.45, 2.75) is 0 Å². The smallest absolute Gasteiger partial charge is 0.197 e. The number of hydrogen-bond acceptors (Lipinski definition) is 5. The maximum absolute atomic E-state index is 4.42. The van der Waals surface area contributed by atoms with Crippen molar-refractivity contribution in [1.29, 1.82) is 0 Å². The SMILES string of the molecule is Cl.Cl.c1ccc2c(c1)ncn2-c1ncc(-n2cncn2)s1. The molecule has 1 aromatic carbocycles. The number of para-hydroxylation sites is 2. The summed E-state index contributed by atoms with van der Waals surface area (Å²) in [5, 5.41) is 5.88. The van der Waals surface area contributed by atoms with Crippen LogP contribution in [0, 0.1) is 0 Å². The van der Waals surface area contributed by atoms with Crippen LogP contribution in [0.25, 0.3) is 21.2 Å². The second kappa shape index (κ2) is 6.21. The number of hydrogen-bond donors (Lipinski definition) is 0. The summed E-state index contributed by atoms with van der Waals surface area (Å²) < 4.78 is 3.67. The Bertz CT molecular complexity index is 838. The number of rotatable bonds is 2. The van der Waals surface area contributed by atoms with Crippen LogP contribution in [-0.4, -0.2) is 29.3 Å². The van der Waals surface area contributed by atoms with Gasteiger partial charge in [0.25, 0.3) is 0 Å². The van der Waals surface area contributed by atoms with Gasteiger partial charge >= 0.3 is 0 Å². The molecule has 3 heterocycles. The predicted molar refractivity (Wildman–Crippen MR) is 86.2 cm³/mol. The molecule has 0 fully saturated rings. The molecule has 0 amide bonds. The summed E-state index contributed by atoms with van der Waals surface area (Å²) in [6.45, 7) is 0. The summed E-state index contributed by atoms with van der Waals surface area (Å²) in [5.41, 5.74) is 2.00. The van der Waals surface area contributed by atoms with E-state index in [2.05, 4.69) is 20.1 Å². The number of nitrogens with zero attached hydrogens (tertiary/aromatic N) is 6. The molecule has 9 heteroatoms. The van der Waals surface area contributed by atoms with Crippen LogP contribution in [0.5, 0.6) is 0 Å². The molecule has 6 nitrogen and oxygen atoms in total. The van der Waals surface area contributed by atoms with Crippen LogP contribution in [0.3, 0.4) is 0 Å². The number of halogens is 2. The molecule has 0 saturated heterocycles. The third kappa shape index (κ3) is 2.63. The van der Waals surface area contributed by atoms with Crippen molar-refractivity contribution in [2.24, 2.45) is 0 Å². The van der Waals surface area contributed by atoms with Crippen molar-refractivity contribution in [3.8, 4) is 10.1 Å². The fourth-order valence-corrected chi connectivity index (χ4v) is 2.74. The van der Waals surface area contributed by atoms with E-state index in [0.29, 0.717) is 0 Å². The van der Waals surface area contributed by atoms with Crippen LogP contribution >= 0.6 is 36.2 Å². The van der Waals surface area contributed by atoms with Gasteiger partial charge in [0, 0.05) is 0 Å². The Balaban J connectivity index is 0.000000807. The number of thiazole rings is 1. The maximum Gasteiger partial charge on any atom is 0.197 e. The van der Waals surface area contributed by atoms with Crippen LogP contribution < -0.4 is 0 Å². The molecule has 4 aromatic rings. The molecular formula is C12H10Cl2N6S. The molecule has 0 atom stereocenters. The Kier molecular flexibility index (Phi) is 4.56. The fraction of sp³-hybridized carbons (Fsp3) is 0. The Labute approximate surface area is 136 Å². The summed E-state index contributed by atoms with van der Waals surface area (Å²) in [5.74, 6) is 0. The molecule has 0 aliphatic rings. The number of benzene rings is 1. The van der Waals surface area contributed by atoms with E-state index in [1.54, 1.807) is 23.5 Å². The van der Waals surface area contributed by atoms with Gasteiger partial charge in [-0.3, -0.25) is 4.57 Å². The number of fused-ring (bicyclic) bond motifs is 1. The highest BCUT2D eigenvalue weighted by molar-refractivity contribution is 7.16. The highest BCUT2D eigenvalue weighted by Gasteiger charge is 2.09. The van der Waals surface area contributed by atoms with Gasteiger partial charge in [0.15, 0.2) is 5.13 Å². The minimum Gasteiger partial charge on any atom is -0.274 e.